The summed E-state index contributed by atoms with van der Waals surface area (Å²) in [4.78, 5) is 15.3. The lowest BCUT2D eigenvalue weighted by Gasteiger charge is -2.25. The summed E-state index contributed by atoms with van der Waals surface area (Å²) in [6.45, 7) is 2.01. The van der Waals surface area contributed by atoms with E-state index < -0.39 is 0 Å². The highest BCUT2D eigenvalue weighted by molar-refractivity contribution is 9.10. The number of amides is 1. The van der Waals surface area contributed by atoms with Gasteiger partial charge < -0.3 is 10.0 Å². The lowest BCUT2D eigenvalue weighted by atomic mass is 10.1. The van der Waals surface area contributed by atoms with Gasteiger partial charge in [-0.15, -0.1) is 11.3 Å². The van der Waals surface area contributed by atoms with Gasteiger partial charge in [-0.25, -0.2) is 0 Å². The lowest BCUT2D eigenvalue weighted by Crippen LogP contribution is -2.36. The zero-order chi connectivity index (χ0) is 14.7. The molecule has 0 bridgehead atoms. The smallest absolute Gasteiger partial charge is 0.257 e. The predicted molar refractivity (Wildman–Crippen MR) is 85.4 cm³/mol. The van der Waals surface area contributed by atoms with Gasteiger partial charge in [0.05, 0.1) is 5.56 Å². The molecule has 1 amide bonds. The van der Waals surface area contributed by atoms with Gasteiger partial charge in [0, 0.05) is 28.9 Å². The van der Waals surface area contributed by atoms with Gasteiger partial charge in [0.25, 0.3) is 5.91 Å². The Labute approximate surface area is 131 Å². The minimum Gasteiger partial charge on any atom is -0.507 e. The highest BCUT2D eigenvalue weighted by Gasteiger charge is 2.20. The minimum atomic E-state index is -0.173. The summed E-state index contributed by atoms with van der Waals surface area (Å²) in [5.74, 6) is -0.166. The van der Waals surface area contributed by atoms with Gasteiger partial charge in [-0.1, -0.05) is 22.0 Å². The van der Waals surface area contributed by atoms with E-state index in [9.17, 15) is 9.90 Å². The predicted octanol–water partition coefficient (Wildman–Crippen LogP) is 3.92. The van der Waals surface area contributed by atoms with Crippen LogP contribution in [0.25, 0.3) is 0 Å². The Balaban J connectivity index is 2.13. The average Bonchev–Trinajstić information content (AvgIpc) is 2.92. The maximum Gasteiger partial charge on any atom is 0.257 e. The summed E-state index contributed by atoms with van der Waals surface area (Å²) in [7, 11) is 1.76. The van der Waals surface area contributed by atoms with Gasteiger partial charge in [-0.3, -0.25) is 4.79 Å². The second kappa shape index (κ2) is 6.41. The first-order valence-corrected chi connectivity index (χ1v) is 7.94. The fourth-order valence-corrected chi connectivity index (χ4v) is 3.11. The molecule has 1 aromatic carbocycles. The Kier molecular flexibility index (Phi) is 4.83. The Hall–Kier alpha value is -1.33. The van der Waals surface area contributed by atoms with Crippen molar-refractivity contribution >= 4 is 33.2 Å². The molecule has 20 heavy (non-hydrogen) atoms. The number of carbonyl (C=O) groups excluding carboxylic acids is 1. The van der Waals surface area contributed by atoms with Crippen LogP contribution in [0.5, 0.6) is 5.75 Å². The molecule has 0 fully saturated rings. The van der Waals surface area contributed by atoms with E-state index in [4.69, 9.17) is 0 Å². The standard InChI is InChI=1S/C15H16BrNO2S/c1-10(8-12-4-3-7-20-12)17(2)15(19)13-9-11(16)5-6-14(13)18/h3-7,9-10,18H,8H2,1-2H3. The molecular formula is C15H16BrNO2S. The largest absolute Gasteiger partial charge is 0.507 e. The van der Waals surface area contributed by atoms with Crippen LogP contribution in [0.3, 0.4) is 0 Å². The number of halogens is 1. The fraction of sp³-hybridized carbons (Fsp3) is 0.267. The van der Waals surface area contributed by atoms with Crippen LogP contribution in [0.1, 0.15) is 22.2 Å². The van der Waals surface area contributed by atoms with E-state index in [1.165, 1.54) is 10.9 Å². The van der Waals surface area contributed by atoms with Crippen molar-refractivity contribution in [3.8, 4) is 5.75 Å². The number of hydrogen-bond acceptors (Lipinski definition) is 3. The number of likely N-dealkylation sites (N-methyl/N-ethyl adjacent to an activating group) is 1. The molecule has 2 rings (SSSR count). The first-order chi connectivity index (χ1) is 9.49. The number of rotatable bonds is 4. The van der Waals surface area contributed by atoms with Crippen LogP contribution in [0.2, 0.25) is 0 Å². The van der Waals surface area contributed by atoms with E-state index in [1.807, 2.05) is 18.4 Å². The lowest BCUT2D eigenvalue weighted by molar-refractivity contribution is 0.0741. The number of nitrogens with zero attached hydrogens (tertiary/aromatic N) is 1. The molecule has 1 aromatic heterocycles. The number of carbonyl (C=O) groups is 1. The Morgan fingerprint density at radius 2 is 2.20 bits per heavy atom. The summed E-state index contributed by atoms with van der Waals surface area (Å²) in [5, 5.41) is 11.9. The van der Waals surface area contributed by atoms with Crippen LogP contribution >= 0.6 is 27.3 Å². The highest BCUT2D eigenvalue weighted by Crippen LogP contribution is 2.24. The molecule has 0 saturated heterocycles. The zero-order valence-corrected chi connectivity index (χ0v) is 13.7. The van der Waals surface area contributed by atoms with Gasteiger partial charge in [0.1, 0.15) is 5.75 Å². The van der Waals surface area contributed by atoms with Crippen LogP contribution in [-0.2, 0) is 6.42 Å². The van der Waals surface area contributed by atoms with Crippen LogP contribution < -0.4 is 0 Å². The first-order valence-electron chi connectivity index (χ1n) is 6.27. The van der Waals surface area contributed by atoms with Gasteiger partial charge in [-0.2, -0.15) is 0 Å². The Morgan fingerprint density at radius 1 is 1.45 bits per heavy atom. The monoisotopic (exact) mass is 353 g/mol. The van der Waals surface area contributed by atoms with E-state index in [-0.39, 0.29) is 17.7 Å². The summed E-state index contributed by atoms with van der Waals surface area (Å²) in [5.41, 5.74) is 0.319. The molecule has 1 unspecified atom stereocenters. The second-order valence-corrected chi connectivity index (χ2v) is 6.66. The minimum absolute atomic E-state index is 0.00775. The molecule has 0 aliphatic heterocycles. The van der Waals surface area contributed by atoms with Gasteiger partial charge in [-0.05, 0) is 36.6 Å². The van der Waals surface area contributed by atoms with E-state index in [0.717, 1.165) is 10.9 Å². The molecule has 1 atom stereocenters. The number of phenols is 1. The van der Waals surface area contributed by atoms with Crippen molar-refractivity contribution in [3.63, 3.8) is 0 Å². The van der Waals surface area contributed by atoms with Gasteiger partial charge in [0.15, 0.2) is 0 Å². The zero-order valence-electron chi connectivity index (χ0n) is 11.3. The number of hydrogen-bond donors (Lipinski definition) is 1. The number of thiophene rings is 1. The molecule has 106 valence electrons. The maximum atomic E-state index is 12.4. The summed E-state index contributed by atoms with van der Waals surface area (Å²) < 4.78 is 0.776. The SMILES string of the molecule is CC(Cc1cccs1)N(C)C(=O)c1cc(Br)ccc1O. The molecular weight excluding hydrogens is 338 g/mol. The summed E-state index contributed by atoms with van der Waals surface area (Å²) in [6.07, 6.45) is 0.814. The topological polar surface area (TPSA) is 40.5 Å². The Morgan fingerprint density at radius 3 is 2.85 bits per heavy atom. The van der Waals surface area contributed by atoms with Crippen LogP contribution in [0, 0.1) is 0 Å². The van der Waals surface area contributed by atoms with Crippen molar-refractivity contribution in [1.29, 1.82) is 0 Å². The fourth-order valence-electron chi connectivity index (χ4n) is 1.93. The number of benzene rings is 1. The molecule has 0 saturated carbocycles. The van der Waals surface area contributed by atoms with Crippen molar-refractivity contribution in [2.24, 2.45) is 0 Å². The van der Waals surface area contributed by atoms with Crippen LogP contribution in [-0.4, -0.2) is 29.0 Å². The Bertz CT molecular complexity index is 598. The van der Waals surface area contributed by atoms with Crippen molar-refractivity contribution in [1.82, 2.24) is 4.90 Å². The van der Waals surface area contributed by atoms with Crippen LogP contribution in [0.15, 0.2) is 40.2 Å². The third-order valence-corrected chi connectivity index (χ3v) is 4.64. The van der Waals surface area contributed by atoms with Crippen LogP contribution in [0.4, 0.5) is 0 Å². The molecule has 0 radical (unpaired) electrons. The average molecular weight is 354 g/mol. The van der Waals surface area contributed by atoms with Gasteiger partial charge in [0.2, 0.25) is 0 Å². The first kappa shape index (κ1) is 15.1. The molecule has 1 N–H and O–H groups in total. The number of aromatic hydroxyl groups is 1. The second-order valence-electron chi connectivity index (χ2n) is 4.71. The highest BCUT2D eigenvalue weighted by atomic mass is 79.9. The van der Waals surface area contributed by atoms with Crippen molar-refractivity contribution < 1.29 is 9.90 Å². The molecule has 0 aliphatic rings. The van der Waals surface area contributed by atoms with Crippen molar-refractivity contribution in [2.75, 3.05) is 7.05 Å². The normalized spacial score (nSPS) is 12.2. The van der Waals surface area contributed by atoms with E-state index in [0.29, 0.717) is 5.56 Å². The molecule has 0 spiro atoms. The van der Waals surface area contributed by atoms with E-state index in [2.05, 4.69) is 22.0 Å². The van der Waals surface area contributed by atoms with E-state index in [1.54, 1.807) is 35.4 Å². The van der Waals surface area contributed by atoms with Crippen molar-refractivity contribution in [3.05, 3.63) is 50.6 Å². The number of phenolic OH excluding ortho intramolecular Hbond substituents is 1. The van der Waals surface area contributed by atoms with Gasteiger partial charge >= 0.3 is 0 Å². The third-order valence-electron chi connectivity index (χ3n) is 3.25. The summed E-state index contributed by atoms with van der Waals surface area (Å²) in [6, 6.07) is 9.02. The van der Waals surface area contributed by atoms with Crippen molar-refractivity contribution in [2.45, 2.75) is 19.4 Å². The van der Waals surface area contributed by atoms with E-state index >= 15 is 0 Å². The molecule has 5 heteroatoms. The maximum absolute atomic E-state index is 12.4. The summed E-state index contributed by atoms with van der Waals surface area (Å²) >= 11 is 5.01. The third kappa shape index (κ3) is 3.41. The molecule has 1 heterocycles. The quantitative estimate of drug-likeness (QED) is 0.904. The molecule has 0 aliphatic carbocycles. The molecule has 2 aromatic rings. The molecule has 3 nitrogen and oxygen atoms in total.